The van der Waals surface area contributed by atoms with Crippen molar-refractivity contribution in [2.45, 2.75) is 43.3 Å². The zero-order valence-corrected chi connectivity index (χ0v) is 18.0. The van der Waals surface area contributed by atoms with E-state index in [1.807, 2.05) is 12.1 Å². The Hall–Kier alpha value is -2.49. The van der Waals surface area contributed by atoms with Crippen molar-refractivity contribution in [3.05, 3.63) is 53.7 Å². The molecule has 2 bridgehead atoms. The summed E-state index contributed by atoms with van der Waals surface area (Å²) in [5, 5.41) is -0.978. The van der Waals surface area contributed by atoms with Crippen molar-refractivity contribution in [2.24, 2.45) is 0 Å². The van der Waals surface area contributed by atoms with Crippen LogP contribution in [-0.4, -0.2) is 66.5 Å². The van der Waals surface area contributed by atoms with Gasteiger partial charge in [-0.1, -0.05) is 24.3 Å². The lowest BCUT2D eigenvalue weighted by Gasteiger charge is -2.35. The summed E-state index contributed by atoms with van der Waals surface area (Å²) < 4.78 is 34.0. The number of aromatic nitrogens is 1. The summed E-state index contributed by atoms with van der Waals surface area (Å²) in [5.74, 6) is 0.906. The fourth-order valence-electron chi connectivity index (χ4n) is 4.67. The number of carbonyl (C=O) groups excluding carboxylic acids is 1. The van der Waals surface area contributed by atoms with Crippen LogP contribution in [0.2, 0.25) is 0 Å². The van der Waals surface area contributed by atoms with E-state index in [1.54, 1.807) is 11.1 Å². The number of nitrogens with zero attached hydrogens (tertiary/aromatic N) is 3. The van der Waals surface area contributed by atoms with Crippen LogP contribution in [0.25, 0.3) is 0 Å². The highest BCUT2D eigenvalue weighted by atomic mass is 32.2. The van der Waals surface area contributed by atoms with E-state index in [0.29, 0.717) is 24.8 Å². The summed E-state index contributed by atoms with van der Waals surface area (Å²) in [5.41, 5.74) is 2.23. The molecule has 3 aliphatic heterocycles. The molecule has 4 heterocycles. The topological polar surface area (TPSA) is 95.0 Å². The molecule has 164 valence electrons. The molecule has 2 fully saturated rings. The average molecular weight is 443 g/mol. The molecule has 2 saturated heterocycles. The van der Waals surface area contributed by atoms with Gasteiger partial charge in [-0.25, -0.2) is 4.98 Å². The zero-order valence-electron chi connectivity index (χ0n) is 17.2. The summed E-state index contributed by atoms with van der Waals surface area (Å²) in [6, 6.07) is 12.4. The number of fused-ring (bicyclic) bond motifs is 3. The zero-order chi connectivity index (χ0) is 21.5. The first kappa shape index (κ1) is 20.4. The highest BCUT2D eigenvalue weighted by Gasteiger charge is 2.45. The number of hydrogen-bond acceptors (Lipinski definition) is 7. The maximum atomic E-state index is 12.4. The number of rotatable bonds is 5. The lowest BCUT2D eigenvalue weighted by atomic mass is 10.1. The van der Waals surface area contributed by atoms with E-state index in [-0.39, 0.29) is 24.1 Å². The van der Waals surface area contributed by atoms with Gasteiger partial charge in [-0.3, -0.25) is 13.9 Å². The predicted molar refractivity (Wildman–Crippen MR) is 112 cm³/mol. The van der Waals surface area contributed by atoms with E-state index >= 15 is 0 Å². The smallest absolute Gasteiger partial charge is 0.257 e. The van der Waals surface area contributed by atoms with Crippen LogP contribution in [0.15, 0.2) is 42.6 Å². The molecule has 3 aliphatic rings. The van der Waals surface area contributed by atoms with Crippen LogP contribution in [-0.2, 0) is 22.4 Å². The molecule has 1 aromatic heterocycles. The second kappa shape index (κ2) is 8.22. The molecule has 31 heavy (non-hydrogen) atoms. The minimum atomic E-state index is -2.37. The van der Waals surface area contributed by atoms with E-state index in [9.17, 15) is 13.6 Å². The highest BCUT2D eigenvalue weighted by Crippen LogP contribution is 2.35. The number of piperazine rings is 1. The fourth-order valence-corrected chi connectivity index (χ4v) is 4.97. The van der Waals surface area contributed by atoms with Crippen molar-refractivity contribution >= 4 is 17.0 Å². The molecule has 0 saturated carbocycles. The first-order chi connectivity index (χ1) is 15.0. The Morgan fingerprint density at radius 3 is 2.77 bits per heavy atom. The quantitative estimate of drug-likeness (QED) is 0.650. The van der Waals surface area contributed by atoms with Crippen molar-refractivity contribution in [3.8, 4) is 11.6 Å². The van der Waals surface area contributed by atoms with E-state index in [2.05, 4.69) is 34.1 Å². The third kappa shape index (κ3) is 3.93. The largest absolute Gasteiger partial charge is 0.772 e. The van der Waals surface area contributed by atoms with Crippen LogP contribution < -0.4 is 9.47 Å². The Balaban J connectivity index is 1.19. The number of hydrogen-bond donors (Lipinski definition) is 0. The third-order valence-corrected chi connectivity index (χ3v) is 7.17. The molecule has 3 unspecified atom stereocenters. The van der Waals surface area contributed by atoms with E-state index in [1.165, 1.54) is 12.5 Å². The SMILES string of the molecule is CC(C(=O)N1C[C@@H]2C[C@H]1CN2Cc1ccc(C2COc3cccnc3O2)cc1)S(=O)[O-]. The Morgan fingerprint density at radius 2 is 2.06 bits per heavy atom. The van der Waals surface area contributed by atoms with Gasteiger partial charge in [0.15, 0.2) is 11.9 Å². The van der Waals surface area contributed by atoms with E-state index in [0.717, 1.165) is 25.1 Å². The molecule has 0 spiro atoms. The van der Waals surface area contributed by atoms with Gasteiger partial charge in [-0.15, -0.1) is 0 Å². The maximum absolute atomic E-state index is 12.4. The number of amides is 1. The number of benzene rings is 1. The minimum absolute atomic E-state index is 0.100. The number of likely N-dealkylation sites (tertiary alicyclic amines) is 2. The molecule has 1 aromatic carbocycles. The van der Waals surface area contributed by atoms with Crippen molar-refractivity contribution in [2.75, 3.05) is 19.7 Å². The van der Waals surface area contributed by atoms with Crippen LogP contribution in [0.4, 0.5) is 0 Å². The van der Waals surface area contributed by atoms with Crippen molar-refractivity contribution in [1.82, 2.24) is 14.8 Å². The average Bonchev–Trinajstić information content (AvgIpc) is 3.39. The maximum Gasteiger partial charge on any atom is 0.257 e. The van der Waals surface area contributed by atoms with Crippen LogP contribution in [0.3, 0.4) is 0 Å². The van der Waals surface area contributed by atoms with Gasteiger partial charge >= 0.3 is 0 Å². The van der Waals surface area contributed by atoms with Gasteiger partial charge in [0.1, 0.15) is 6.61 Å². The molecule has 2 aromatic rings. The summed E-state index contributed by atoms with van der Waals surface area (Å²) in [4.78, 5) is 20.7. The van der Waals surface area contributed by atoms with Crippen LogP contribution in [0.5, 0.6) is 11.6 Å². The van der Waals surface area contributed by atoms with Crippen LogP contribution in [0, 0.1) is 0 Å². The first-order valence-corrected chi connectivity index (χ1v) is 11.6. The molecule has 5 rings (SSSR count). The Kier molecular flexibility index (Phi) is 5.41. The van der Waals surface area contributed by atoms with Crippen LogP contribution in [0.1, 0.15) is 30.6 Å². The van der Waals surface area contributed by atoms with Gasteiger partial charge < -0.3 is 18.9 Å². The summed E-state index contributed by atoms with van der Waals surface area (Å²) in [6.45, 7) is 4.08. The van der Waals surface area contributed by atoms with E-state index < -0.39 is 16.3 Å². The Labute approximate surface area is 183 Å². The van der Waals surface area contributed by atoms with Gasteiger partial charge in [-0.2, -0.15) is 0 Å². The molecule has 0 N–H and O–H groups in total. The summed E-state index contributed by atoms with van der Waals surface area (Å²) >= 11 is -2.37. The normalized spacial score (nSPS) is 26.6. The molecule has 9 heteroatoms. The molecule has 0 aliphatic carbocycles. The highest BCUT2D eigenvalue weighted by molar-refractivity contribution is 7.80. The van der Waals surface area contributed by atoms with Gasteiger partial charge in [0, 0.05) is 37.9 Å². The van der Waals surface area contributed by atoms with Crippen molar-refractivity contribution < 1.29 is 23.0 Å². The molecular weight excluding hydrogens is 418 g/mol. The minimum Gasteiger partial charge on any atom is -0.772 e. The van der Waals surface area contributed by atoms with Crippen LogP contribution >= 0.6 is 0 Å². The van der Waals surface area contributed by atoms with Crippen molar-refractivity contribution in [1.29, 1.82) is 0 Å². The molecular formula is C22H24N3O5S-. The van der Waals surface area contributed by atoms with E-state index in [4.69, 9.17) is 9.47 Å². The summed E-state index contributed by atoms with van der Waals surface area (Å²) in [7, 11) is 0. The lowest BCUT2D eigenvalue weighted by molar-refractivity contribution is -0.132. The number of ether oxygens (including phenoxy) is 2. The molecule has 1 amide bonds. The standard InChI is InChI=1S/C22H25N3O5S/c1-14(31(27)28)22(26)25-12-17-9-18(25)11-24(17)10-15-4-6-16(7-5-15)20-13-29-19-3-2-8-23-21(19)30-20/h2-8,14,17-18,20H,9-13H2,1H3,(H,27,28)/p-1/t14?,17-,18-,20?/m0/s1. The molecule has 5 atom stereocenters. The Morgan fingerprint density at radius 1 is 1.26 bits per heavy atom. The Bertz CT molecular complexity index is 1000. The third-order valence-electron chi connectivity index (χ3n) is 6.39. The second-order valence-electron chi connectivity index (χ2n) is 8.33. The number of pyridine rings is 1. The first-order valence-electron chi connectivity index (χ1n) is 10.5. The van der Waals surface area contributed by atoms with Crippen molar-refractivity contribution in [3.63, 3.8) is 0 Å². The van der Waals surface area contributed by atoms with Gasteiger partial charge in [0.2, 0.25) is 5.91 Å². The lowest BCUT2D eigenvalue weighted by Crippen LogP contribution is -2.51. The number of carbonyl (C=O) groups is 1. The van der Waals surface area contributed by atoms with Gasteiger partial charge in [0.05, 0.1) is 5.25 Å². The molecule has 8 nitrogen and oxygen atoms in total. The fraction of sp³-hybridized carbons (Fsp3) is 0.455. The monoisotopic (exact) mass is 442 g/mol. The van der Waals surface area contributed by atoms with Gasteiger partial charge in [-0.05, 0) is 47.7 Å². The second-order valence-corrected chi connectivity index (χ2v) is 9.56. The summed E-state index contributed by atoms with van der Waals surface area (Å²) in [6.07, 6.45) is 2.40. The molecule has 0 radical (unpaired) electrons. The van der Waals surface area contributed by atoms with Gasteiger partial charge in [0.25, 0.3) is 5.88 Å². The predicted octanol–water partition coefficient (Wildman–Crippen LogP) is 1.65.